The lowest BCUT2D eigenvalue weighted by atomic mass is 9.46. The van der Waals surface area contributed by atoms with E-state index >= 15 is 8.78 Å². The molecule has 5 atom stereocenters. The van der Waals surface area contributed by atoms with Gasteiger partial charge in [-0.3, -0.25) is 24.2 Å². The molecule has 3 heterocycles. The zero-order valence-electron chi connectivity index (χ0n) is 24.4. The Morgan fingerprint density at radius 1 is 1.07 bits per heavy atom. The Labute approximate surface area is 247 Å². The third-order valence-corrected chi connectivity index (χ3v) is 10.7. The molecule has 2 aromatic rings. The summed E-state index contributed by atoms with van der Waals surface area (Å²) in [5.74, 6) is -5.30. The van der Waals surface area contributed by atoms with Gasteiger partial charge in [0.25, 0.3) is 17.7 Å². The summed E-state index contributed by atoms with van der Waals surface area (Å²) in [6, 6.07) is 7.89. The van der Waals surface area contributed by atoms with E-state index in [0.717, 1.165) is 17.7 Å². The Bertz CT molecular complexity index is 1580. The fourth-order valence-corrected chi connectivity index (χ4v) is 8.75. The second kappa shape index (κ2) is 8.34. The number of amides is 2. The van der Waals surface area contributed by atoms with Crippen molar-refractivity contribution in [2.45, 2.75) is 88.0 Å². The molecule has 43 heavy (non-hydrogen) atoms. The van der Waals surface area contributed by atoms with Gasteiger partial charge in [-0.25, -0.2) is 8.78 Å². The number of ether oxygens (including phenoxy) is 2. The number of halogens is 2. The second-order valence-corrected chi connectivity index (χ2v) is 14.3. The highest BCUT2D eigenvalue weighted by molar-refractivity contribution is 6.21. The Hall–Kier alpha value is -3.53. The number of alkyl halides is 2. The normalized spacial score (nSPS) is 33.6. The van der Waals surface area contributed by atoms with Crippen LogP contribution in [0.5, 0.6) is 11.5 Å². The summed E-state index contributed by atoms with van der Waals surface area (Å²) in [6.07, 6.45) is 0.942. The van der Waals surface area contributed by atoms with Gasteiger partial charge in [0.1, 0.15) is 17.1 Å². The van der Waals surface area contributed by atoms with Crippen molar-refractivity contribution in [3.05, 3.63) is 58.7 Å². The van der Waals surface area contributed by atoms with Crippen molar-refractivity contribution in [2.75, 3.05) is 13.1 Å². The molecule has 0 radical (unpaired) electrons. The van der Waals surface area contributed by atoms with Crippen LogP contribution in [-0.4, -0.2) is 75.5 Å². The number of aromatic hydroxyl groups is 1. The Balaban J connectivity index is 1.37. The minimum atomic E-state index is -3.51. The molecule has 10 heteroatoms. The van der Waals surface area contributed by atoms with Gasteiger partial charge in [-0.05, 0) is 82.6 Å². The Kier molecular flexibility index (Phi) is 5.25. The molecule has 0 unspecified atom stereocenters. The van der Waals surface area contributed by atoms with E-state index in [1.807, 2.05) is 4.90 Å². The van der Waals surface area contributed by atoms with Crippen LogP contribution in [0.2, 0.25) is 0 Å². The van der Waals surface area contributed by atoms with Crippen molar-refractivity contribution in [1.82, 2.24) is 9.80 Å². The number of phenolic OH excluding ortho intramolecular Hbond substituents is 1. The number of esters is 1. The fraction of sp³-hybridized carbons (Fsp3) is 0.545. The summed E-state index contributed by atoms with van der Waals surface area (Å²) >= 11 is 0. The average molecular weight is 593 g/mol. The molecule has 1 spiro atoms. The molecule has 1 saturated heterocycles. The van der Waals surface area contributed by atoms with Gasteiger partial charge in [-0.2, -0.15) is 0 Å². The highest BCUT2D eigenvalue weighted by Crippen LogP contribution is 2.71. The number of benzene rings is 2. The first-order valence-corrected chi connectivity index (χ1v) is 15.2. The summed E-state index contributed by atoms with van der Waals surface area (Å²) in [4.78, 5) is 44.1. The zero-order chi connectivity index (χ0) is 30.3. The van der Waals surface area contributed by atoms with Crippen LogP contribution < -0.4 is 4.74 Å². The topological polar surface area (TPSA) is 96.4 Å². The summed E-state index contributed by atoms with van der Waals surface area (Å²) in [5, 5.41) is 11.0. The highest BCUT2D eigenvalue weighted by Gasteiger charge is 2.85. The van der Waals surface area contributed by atoms with Gasteiger partial charge in [0, 0.05) is 12.1 Å². The average Bonchev–Trinajstić information content (AvgIpc) is 3.62. The van der Waals surface area contributed by atoms with E-state index in [-0.39, 0.29) is 41.0 Å². The molecule has 2 aromatic carbocycles. The number of rotatable bonds is 4. The van der Waals surface area contributed by atoms with Crippen molar-refractivity contribution in [1.29, 1.82) is 0 Å². The molecule has 6 aliphatic rings. The molecule has 3 aliphatic carbocycles. The Morgan fingerprint density at radius 2 is 1.74 bits per heavy atom. The zero-order valence-corrected chi connectivity index (χ0v) is 24.4. The van der Waals surface area contributed by atoms with Gasteiger partial charge in [0.15, 0.2) is 11.5 Å². The monoisotopic (exact) mass is 592 g/mol. The molecule has 2 saturated carbocycles. The molecule has 1 N–H and O–H groups in total. The van der Waals surface area contributed by atoms with Crippen LogP contribution in [0.1, 0.15) is 78.3 Å². The van der Waals surface area contributed by atoms with Gasteiger partial charge in [0.2, 0.25) is 0 Å². The predicted octanol–water partition coefficient (Wildman–Crippen LogP) is 4.46. The lowest BCUT2D eigenvalue weighted by Crippen LogP contribution is -2.85. The smallest absolute Gasteiger partial charge is 0.311 e. The first-order chi connectivity index (χ1) is 20.3. The minimum absolute atomic E-state index is 0.00269. The molecular formula is C33H34F2N2O6. The third kappa shape index (κ3) is 3.25. The summed E-state index contributed by atoms with van der Waals surface area (Å²) in [5.41, 5.74) is -3.75. The van der Waals surface area contributed by atoms with E-state index in [1.54, 1.807) is 51.1 Å². The van der Waals surface area contributed by atoms with E-state index < -0.39 is 64.9 Å². The van der Waals surface area contributed by atoms with Gasteiger partial charge >= 0.3 is 5.97 Å². The summed E-state index contributed by atoms with van der Waals surface area (Å²) < 4.78 is 48.0. The van der Waals surface area contributed by atoms with Crippen LogP contribution >= 0.6 is 0 Å². The molecule has 3 fully saturated rings. The van der Waals surface area contributed by atoms with Crippen molar-refractivity contribution < 1.29 is 37.7 Å². The highest BCUT2D eigenvalue weighted by atomic mass is 19.3. The lowest BCUT2D eigenvalue weighted by Gasteiger charge is -2.67. The van der Waals surface area contributed by atoms with Gasteiger partial charge in [-0.15, -0.1) is 0 Å². The molecule has 3 aliphatic heterocycles. The van der Waals surface area contributed by atoms with E-state index in [4.69, 9.17) is 9.47 Å². The number of likely N-dealkylation sites (tertiary alicyclic amines) is 1. The van der Waals surface area contributed by atoms with Gasteiger partial charge in [0.05, 0.1) is 35.2 Å². The third-order valence-electron chi connectivity index (χ3n) is 10.7. The van der Waals surface area contributed by atoms with Crippen molar-refractivity contribution in [3.8, 4) is 11.5 Å². The van der Waals surface area contributed by atoms with Crippen molar-refractivity contribution in [2.24, 2.45) is 11.3 Å². The maximum Gasteiger partial charge on any atom is 0.311 e. The lowest BCUT2D eigenvalue weighted by molar-refractivity contribution is -0.295. The number of hydrogen-bond donors (Lipinski definition) is 1. The molecule has 2 amide bonds. The van der Waals surface area contributed by atoms with Gasteiger partial charge in [-0.1, -0.05) is 18.2 Å². The molecule has 226 valence electrons. The van der Waals surface area contributed by atoms with Crippen LogP contribution in [0.25, 0.3) is 0 Å². The van der Waals surface area contributed by atoms with Gasteiger partial charge < -0.3 is 14.6 Å². The van der Waals surface area contributed by atoms with Crippen LogP contribution in [0, 0.1) is 11.3 Å². The van der Waals surface area contributed by atoms with Crippen LogP contribution in [0.4, 0.5) is 8.78 Å². The molecule has 2 bridgehead atoms. The first-order valence-electron chi connectivity index (χ1n) is 15.2. The van der Waals surface area contributed by atoms with E-state index in [2.05, 4.69) is 0 Å². The van der Waals surface area contributed by atoms with E-state index in [9.17, 15) is 19.5 Å². The maximum atomic E-state index is 17.5. The molecular weight excluding hydrogens is 558 g/mol. The fourth-order valence-electron chi connectivity index (χ4n) is 8.75. The molecule has 0 aromatic heterocycles. The number of carbonyl (C=O) groups is 3. The van der Waals surface area contributed by atoms with E-state index in [0.29, 0.717) is 24.4 Å². The number of piperidine rings is 1. The number of nitrogens with zero attached hydrogens (tertiary/aromatic N) is 2. The minimum Gasteiger partial charge on any atom is -0.504 e. The van der Waals surface area contributed by atoms with E-state index in [1.165, 1.54) is 6.07 Å². The van der Waals surface area contributed by atoms with Crippen molar-refractivity contribution >= 4 is 17.8 Å². The quantitative estimate of drug-likeness (QED) is 0.414. The predicted molar refractivity (Wildman–Crippen MR) is 149 cm³/mol. The number of carbonyl (C=O) groups excluding carboxylic acids is 3. The first kappa shape index (κ1) is 27.0. The second-order valence-electron chi connectivity index (χ2n) is 14.3. The van der Waals surface area contributed by atoms with Crippen LogP contribution in [0.3, 0.4) is 0 Å². The summed E-state index contributed by atoms with van der Waals surface area (Å²) in [7, 11) is 0. The SMILES string of the molecule is CC(C)(C)C(=O)O[C@@]12CC[C@@H](N3C(=O)c4ccccc4C3=O)[C@@H]3Oc4c(O)ccc5c4[C@@]31C(F)(F)CN(CC1CC1)[C@@H]2C5. The summed E-state index contributed by atoms with van der Waals surface area (Å²) in [6.45, 7) is 4.98. The van der Waals surface area contributed by atoms with Crippen LogP contribution in [-0.2, 0) is 21.4 Å². The number of phenols is 1. The molecule has 8 rings (SSSR count). The Morgan fingerprint density at radius 3 is 2.37 bits per heavy atom. The number of fused-ring (bicyclic) bond motifs is 1. The van der Waals surface area contributed by atoms with Crippen molar-refractivity contribution in [3.63, 3.8) is 0 Å². The maximum absolute atomic E-state index is 17.5. The largest absolute Gasteiger partial charge is 0.504 e. The van der Waals surface area contributed by atoms with Crippen LogP contribution in [0.15, 0.2) is 36.4 Å². The standard InChI is InChI=1S/C33H34F2N2O6/c1-30(2,3)29(41)43-31-13-12-21(37-27(39)19-6-4-5-7-20(19)28(37)40)26-33(31)24-18(10-11-22(38)25(24)42-26)14-23(31)36(15-17-8-9-17)16-32(33,34)35/h4-7,10-11,17,21,23,26,38H,8-9,12-16H2,1-3H3/t21-,23-,26+,31-,33-/m1/s1. The number of imide groups is 1. The number of hydrogen-bond acceptors (Lipinski definition) is 7. The molecule has 8 nitrogen and oxygen atoms in total.